The number of carbonyl (C=O) groups excluding carboxylic acids is 1. The molecule has 54 heavy (non-hydrogen) atoms. The summed E-state index contributed by atoms with van der Waals surface area (Å²) in [4.78, 5) is 22.7. The predicted molar refractivity (Wildman–Crippen MR) is 230 cm³/mol. The standard InChI is InChI=1S/C45H83N2O6P/c1-3-5-7-9-11-13-15-17-19-20-21-22-23-25-26-28-30-32-34-36-38-44(48)43(42-53-54(50,51)52-41-40-46)47-45(49)39-37-35-33-31-29-27-24-18-16-14-12-10-8-6-4-2/h6,8,12,14,18,24,28,30,36,38,43-44,48H,3-5,7,9-11,13,15-17,19-23,25-27,29,31-35,37,39-42,46H2,1-2H3,(H,47,49)(H,50,51)/b8-6-,14-12-,24-18-,30-28+,38-36+. The van der Waals surface area contributed by atoms with Gasteiger partial charge in [0.1, 0.15) is 0 Å². The first-order chi connectivity index (χ1) is 26.4. The SMILES string of the molecule is CC/C=C\C/C=C\C/C=C\CCCCCCCC(=O)NC(COP(=O)(O)OCCN)C(O)/C=C/CC/C=C/CCCCCCCCCCCCCCCC. The smallest absolute Gasteiger partial charge is 0.387 e. The number of phosphoric acid groups is 1. The minimum Gasteiger partial charge on any atom is -0.387 e. The second-order valence-corrected chi connectivity index (χ2v) is 16.0. The van der Waals surface area contributed by atoms with Crippen LogP contribution in [-0.2, 0) is 18.4 Å². The molecule has 0 bridgehead atoms. The van der Waals surface area contributed by atoms with Gasteiger partial charge in [0.15, 0.2) is 0 Å². The molecule has 3 atom stereocenters. The van der Waals surface area contributed by atoms with E-state index in [0.29, 0.717) is 6.42 Å². The van der Waals surface area contributed by atoms with Crippen LogP contribution in [0.15, 0.2) is 60.8 Å². The number of phosphoric ester groups is 1. The molecular weight excluding hydrogens is 695 g/mol. The zero-order valence-corrected chi connectivity index (χ0v) is 35.6. The van der Waals surface area contributed by atoms with E-state index in [1.54, 1.807) is 6.08 Å². The van der Waals surface area contributed by atoms with Gasteiger partial charge in [-0.3, -0.25) is 13.8 Å². The van der Waals surface area contributed by atoms with Gasteiger partial charge in [0, 0.05) is 13.0 Å². The molecule has 0 heterocycles. The van der Waals surface area contributed by atoms with Crippen LogP contribution in [0.25, 0.3) is 0 Å². The molecule has 0 fully saturated rings. The normalized spacial score (nSPS) is 14.7. The Morgan fingerprint density at radius 2 is 1.09 bits per heavy atom. The van der Waals surface area contributed by atoms with Crippen molar-refractivity contribution in [1.82, 2.24) is 5.32 Å². The first kappa shape index (κ1) is 52.2. The number of nitrogens with one attached hydrogen (secondary N) is 1. The van der Waals surface area contributed by atoms with Crippen molar-refractivity contribution in [2.24, 2.45) is 5.73 Å². The van der Waals surface area contributed by atoms with Crippen LogP contribution in [0, 0.1) is 0 Å². The summed E-state index contributed by atoms with van der Waals surface area (Å²) >= 11 is 0. The number of allylic oxidation sites excluding steroid dienone is 9. The lowest BCUT2D eigenvalue weighted by Crippen LogP contribution is -2.45. The Morgan fingerprint density at radius 1 is 0.630 bits per heavy atom. The largest absolute Gasteiger partial charge is 0.472 e. The van der Waals surface area contributed by atoms with Gasteiger partial charge in [-0.25, -0.2) is 4.57 Å². The van der Waals surface area contributed by atoms with Gasteiger partial charge in [-0.2, -0.15) is 0 Å². The van der Waals surface area contributed by atoms with Crippen LogP contribution >= 0.6 is 7.82 Å². The van der Waals surface area contributed by atoms with Crippen molar-refractivity contribution in [3.05, 3.63) is 60.8 Å². The lowest BCUT2D eigenvalue weighted by molar-refractivity contribution is -0.123. The maximum atomic E-state index is 12.7. The highest BCUT2D eigenvalue weighted by atomic mass is 31.2. The zero-order chi connectivity index (χ0) is 39.6. The number of hydrogen-bond acceptors (Lipinski definition) is 6. The summed E-state index contributed by atoms with van der Waals surface area (Å²) in [6.45, 7) is 3.98. The second-order valence-electron chi connectivity index (χ2n) is 14.5. The zero-order valence-electron chi connectivity index (χ0n) is 34.7. The van der Waals surface area contributed by atoms with Crippen molar-refractivity contribution in [2.75, 3.05) is 19.8 Å². The molecule has 314 valence electrons. The number of carbonyl (C=O) groups is 1. The quantitative estimate of drug-likeness (QED) is 0.0277. The second kappa shape index (κ2) is 40.9. The maximum Gasteiger partial charge on any atom is 0.472 e. The van der Waals surface area contributed by atoms with Gasteiger partial charge in [0.05, 0.1) is 25.4 Å². The molecule has 0 aromatic rings. The summed E-state index contributed by atoms with van der Waals surface area (Å²) in [5.41, 5.74) is 5.37. The van der Waals surface area contributed by atoms with Crippen LogP contribution in [0.5, 0.6) is 0 Å². The molecule has 0 saturated carbocycles. The first-order valence-corrected chi connectivity index (χ1v) is 23.4. The van der Waals surface area contributed by atoms with Gasteiger partial charge < -0.3 is 21.1 Å². The molecule has 0 radical (unpaired) electrons. The van der Waals surface area contributed by atoms with Crippen molar-refractivity contribution >= 4 is 13.7 Å². The van der Waals surface area contributed by atoms with E-state index in [1.807, 2.05) is 6.08 Å². The van der Waals surface area contributed by atoms with Crippen LogP contribution in [0.2, 0.25) is 0 Å². The molecule has 0 aromatic carbocycles. The fourth-order valence-corrected chi connectivity index (χ4v) is 6.80. The third-order valence-corrected chi connectivity index (χ3v) is 10.3. The van der Waals surface area contributed by atoms with Crippen molar-refractivity contribution in [3.8, 4) is 0 Å². The summed E-state index contributed by atoms with van der Waals surface area (Å²) in [6.07, 6.45) is 51.3. The Morgan fingerprint density at radius 3 is 1.65 bits per heavy atom. The molecule has 0 aromatic heterocycles. The van der Waals surface area contributed by atoms with Crippen molar-refractivity contribution in [3.63, 3.8) is 0 Å². The fraction of sp³-hybridized carbons (Fsp3) is 0.756. The fourth-order valence-electron chi connectivity index (χ4n) is 6.04. The van der Waals surface area contributed by atoms with Crippen LogP contribution < -0.4 is 11.1 Å². The highest BCUT2D eigenvalue weighted by molar-refractivity contribution is 7.47. The lowest BCUT2D eigenvalue weighted by atomic mass is 10.0. The van der Waals surface area contributed by atoms with Gasteiger partial charge in [-0.05, 0) is 64.2 Å². The van der Waals surface area contributed by atoms with Crippen LogP contribution in [0.1, 0.15) is 187 Å². The van der Waals surface area contributed by atoms with Gasteiger partial charge in [0.2, 0.25) is 5.91 Å². The van der Waals surface area contributed by atoms with Crippen LogP contribution in [0.4, 0.5) is 0 Å². The third-order valence-electron chi connectivity index (χ3n) is 9.33. The highest BCUT2D eigenvalue weighted by Crippen LogP contribution is 2.43. The summed E-state index contributed by atoms with van der Waals surface area (Å²) in [5, 5.41) is 13.6. The minimum atomic E-state index is -4.35. The molecule has 9 heteroatoms. The van der Waals surface area contributed by atoms with Gasteiger partial charge in [-0.15, -0.1) is 0 Å². The van der Waals surface area contributed by atoms with E-state index < -0.39 is 20.0 Å². The van der Waals surface area contributed by atoms with Crippen molar-refractivity contribution in [1.29, 1.82) is 0 Å². The molecule has 5 N–H and O–H groups in total. The molecule has 0 aliphatic heterocycles. The van der Waals surface area contributed by atoms with E-state index in [0.717, 1.165) is 77.0 Å². The number of hydrogen-bond donors (Lipinski definition) is 4. The van der Waals surface area contributed by atoms with Gasteiger partial charge >= 0.3 is 7.82 Å². The molecule has 1 amide bonds. The molecule has 8 nitrogen and oxygen atoms in total. The molecular formula is C45H83N2O6P. The Kier molecular flexibility index (Phi) is 39.5. The van der Waals surface area contributed by atoms with E-state index in [-0.39, 0.29) is 25.7 Å². The average molecular weight is 779 g/mol. The number of aliphatic hydroxyl groups excluding tert-OH is 1. The van der Waals surface area contributed by atoms with Crippen molar-refractivity contribution in [2.45, 2.75) is 199 Å². The Balaban J connectivity index is 4.28. The van der Waals surface area contributed by atoms with Crippen LogP contribution in [-0.4, -0.2) is 47.8 Å². The van der Waals surface area contributed by atoms with E-state index in [1.165, 1.54) is 89.9 Å². The molecule has 0 rings (SSSR count). The summed E-state index contributed by atoms with van der Waals surface area (Å²) in [7, 11) is -4.35. The van der Waals surface area contributed by atoms with E-state index in [9.17, 15) is 19.4 Å². The van der Waals surface area contributed by atoms with Crippen molar-refractivity contribution < 1.29 is 28.4 Å². The maximum absolute atomic E-state index is 12.7. The lowest BCUT2D eigenvalue weighted by Gasteiger charge is -2.23. The highest BCUT2D eigenvalue weighted by Gasteiger charge is 2.26. The van der Waals surface area contributed by atoms with Gasteiger partial charge in [0.25, 0.3) is 0 Å². The molecule has 0 spiro atoms. The Bertz CT molecular complexity index is 1030. The number of rotatable bonds is 40. The Hall–Kier alpha value is -1.80. The minimum absolute atomic E-state index is 0.0685. The summed E-state index contributed by atoms with van der Waals surface area (Å²) in [5.74, 6) is -0.223. The van der Waals surface area contributed by atoms with E-state index in [4.69, 9.17) is 14.8 Å². The summed E-state index contributed by atoms with van der Waals surface area (Å²) < 4.78 is 22.1. The molecule has 3 unspecified atom stereocenters. The monoisotopic (exact) mass is 779 g/mol. The number of amides is 1. The average Bonchev–Trinajstić information content (AvgIpc) is 3.16. The van der Waals surface area contributed by atoms with E-state index >= 15 is 0 Å². The molecule has 0 aliphatic carbocycles. The summed E-state index contributed by atoms with van der Waals surface area (Å²) in [6, 6.07) is -0.888. The van der Waals surface area contributed by atoms with Gasteiger partial charge in [-0.1, -0.05) is 177 Å². The topological polar surface area (TPSA) is 131 Å². The number of nitrogens with two attached hydrogens (primary N) is 1. The molecule has 0 saturated heterocycles. The third kappa shape index (κ3) is 38.5. The molecule has 0 aliphatic rings. The number of aliphatic hydroxyl groups is 1. The Labute approximate surface area is 332 Å². The first-order valence-electron chi connectivity index (χ1n) is 21.9. The predicted octanol–water partition coefficient (Wildman–Crippen LogP) is 12.3. The van der Waals surface area contributed by atoms with E-state index in [2.05, 4.69) is 67.8 Å². The van der Waals surface area contributed by atoms with Crippen LogP contribution in [0.3, 0.4) is 0 Å². The number of unbranched alkanes of at least 4 members (excludes halogenated alkanes) is 20.